The molecule has 2 heterocycles. The van der Waals surface area contributed by atoms with Gasteiger partial charge in [-0.05, 0) is 56.7 Å². The Morgan fingerprint density at radius 1 is 1.47 bits per heavy atom. The molecule has 0 atom stereocenters. The molecular weight excluding hydrogens is 258 g/mol. The number of carbonyl (C=O) groups excluding carboxylic acids is 1. The summed E-state index contributed by atoms with van der Waals surface area (Å²) in [5, 5.41) is 6.20. The molecule has 104 valence electrons. The van der Waals surface area contributed by atoms with Gasteiger partial charge in [0.25, 0.3) is 0 Å². The van der Waals surface area contributed by atoms with Crippen LogP contribution >= 0.6 is 11.8 Å². The van der Waals surface area contributed by atoms with Crippen molar-refractivity contribution in [3.63, 3.8) is 0 Å². The van der Waals surface area contributed by atoms with Crippen molar-refractivity contribution in [3.8, 4) is 0 Å². The van der Waals surface area contributed by atoms with Crippen molar-refractivity contribution in [3.05, 3.63) is 18.3 Å². The van der Waals surface area contributed by atoms with Gasteiger partial charge in [0.2, 0.25) is 5.91 Å². The van der Waals surface area contributed by atoms with Crippen LogP contribution in [-0.4, -0.2) is 30.2 Å². The Morgan fingerprint density at radius 2 is 2.26 bits per heavy atom. The summed E-state index contributed by atoms with van der Waals surface area (Å²) in [4.78, 5) is 17.2. The van der Waals surface area contributed by atoms with Gasteiger partial charge in [-0.2, -0.15) is 0 Å². The number of thioether (sulfide) groups is 1. The molecule has 1 saturated heterocycles. The van der Waals surface area contributed by atoms with E-state index in [2.05, 4.69) is 15.6 Å². The zero-order valence-corrected chi connectivity index (χ0v) is 12.1. The average Bonchev–Trinajstić information content (AvgIpc) is 2.47. The zero-order chi connectivity index (χ0) is 13.5. The van der Waals surface area contributed by atoms with Crippen molar-refractivity contribution in [2.45, 2.75) is 30.6 Å². The monoisotopic (exact) mass is 279 g/mol. The Bertz CT molecular complexity index is 402. The number of amides is 1. The highest BCUT2D eigenvalue weighted by Crippen LogP contribution is 2.18. The second-order valence-corrected chi connectivity index (χ2v) is 5.74. The lowest BCUT2D eigenvalue weighted by atomic mass is 9.93. The number of rotatable bonds is 5. The van der Waals surface area contributed by atoms with E-state index in [1.807, 2.05) is 18.4 Å². The Balaban J connectivity index is 1.73. The minimum absolute atomic E-state index is 0.0722. The van der Waals surface area contributed by atoms with E-state index in [0.717, 1.165) is 24.4 Å². The second kappa shape index (κ2) is 7.50. The molecule has 0 bridgehead atoms. The van der Waals surface area contributed by atoms with Crippen molar-refractivity contribution in [2.75, 3.05) is 24.7 Å². The minimum atomic E-state index is 0.0722. The quantitative estimate of drug-likeness (QED) is 0.813. The topological polar surface area (TPSA) is 54.0 Å². The number of pyridine rings is 1. The Morgan fingerprint density at radius 3 is 2.89 bits per heavy atom. The first-order valence-electron chi connectivity index (χ1n) is 6.78. The summed E-state index contributed by atoms with van der Waals surface area (Å²) in [6.45, 7) is 2.17. The van der Waals surface area contributed by atoms with Crippen molar-refractivity contribution < 1.29 is 4.79 Å². The third kappa shape index (κ3) is 4.84. The summed E-state index contributed by atoms with van der Waals surface area (Å²) in [6.07, 6.45) is 7.75. The number of piperidine rings is 1. The molecule has 1 fully saturated rings. The lowest BCUT2D eigenvalue weighted by molar-refractivity contribution is -0.116. The Hall–Kier alpha value is -1.07. The van der Waals surface area contributed by atoms with E-state index in [9.17, 15) is 4.79 Å². The van der Waals surface area contributed by atoms with Gasteiger partial charge in [-0.3, -0.25) is 4.79 Å². The summed E-state index contributed by atoms with van der Waals surface area (Å²) in [5.74, 6) is 1.41. The summed E-state index contributed by atoms with van der Waals surface area (Å²) in [7, 11) is 0. The lowest BCUT2D eigenvalue weighted by Crippen LogP contribution is -2.28. The third-order valence-corrected chi connectivity index (χ3v) is 4.19. The molecular formula is C14H21N3OS. The van der Waals surface area contributed by atoms with E-state index in [1.54, 1.807) is 18.0 Å². The first-order valence-corrected chi connectivity index (χ1v) is 8.01. The molecule has 1 aliphatic heterocycles. The first kappa shape index (κ1) is 14.3. The number of carbonyl (C=O) groups is 1. The van der Waals surface area contributed by atoms with Crippen molar-refractivity contribution in [1.82, 2.24) is 10.3 Å². The van der Waals surface area contributed by atoms with Crippen molar-refractivity contribution in [2.24, 2.45) is 5.92 Å². The second-order valence-electron chi connectivity index (χ2n) is 4.86. The van der Waals surface area contributed by atoms with Crippen LogP contribution in [0, 0.1) is 5.92 Å². The van der Waals surface area contributed by atoms with Crippen LogP contribution in [0.1, 0.15) is 25.7 Å². The standard InChI is InChI=1S/C14H21N3OS/c1-19-12-3-4-13(16-10-12)17-14(18)5-2-11-6-8-15-9-7-11/h3-4,10-11,15H,2,5-9H2,1H3,(H,16,17,18). The van der Waals surface area contributed by atoms with Gasteiger partial charge >= 0.3 is 0 Å². The number of hydrogen-bond donors (Lipinski definition) is 2. The van der Waals surface area contributed by atoms with Crippen molar-refractivity contribution >= 4 is 23.5 Å². The van der Waals surface area contributed by atoms with Crippen LogP contribution in [0.5, 0.6) is 0 Å². The van der Waals surface area contributed by atoms with Crippen LogP contribution in [-0.2, 0) is 4.79 Å². The van der Waals surface area contributed by atoms with E-state index in [-0.39, 0.29) is 5.91 Å². The summed E-state index contributed by atoms with van der Waals surface area (Å²) in [5.41, 5.74) is 0. The molecule has 0 radical (unpaired) electrons. The highest BCUT2D eigenvalue weighted by atomic mass is 32.2. The fourth-order valence-corrected chi connectivity index (χ4v) is 2.65. The maximum atomic E-state index is 11.8. The summed E-state index contributed by atoms with van der Waals surface area (Å²) < 4.78 is 0. The molecule has 4 nitrogen and oxygen atoms in total. The molecule has 0 spiro atoms. The highest BCUT2D eigenvalue weighted by Gasteiger charge is 2.14. The lowest BCUT2D eigenvalue weighted by Gasteiger charge is -2.22. The predicted molar refractivity (Wildman–Crippen MR) is 79.5 cm³/mol. The minimum Gasteiger partial charge on any atom is -0.317 e. The maximum absolute atomic E-state index is 11.8. The molecule has 0 aromatic carbocycles. The van der Waals surface area contributed by atoms with Crippen LogP contribution in [0.3, 0.4) is 0 Å². The molecule has 5 heteroatoms. The molecule has 2 N–H and O–H groups in total. The van der Waals surface area contributed by atoms with Gasteiger partial charge in [-0.15, -0.1) is 11.8 Å². The van der Waals surface area contributed by atoms with E-state index in [0.29, 0.717) is 18.2 Å². The molecule has 1 amide bonds. The number of anilines is 1. The zero-order valence-electron chi connectivity index (χ0n) is 11.3. The largest absolute Gasteiger partial charge is 0.317 e. The van der Waals surface area contributed by atoms with E-state index < -0.39 is 0 Å². The fourth-order valence-electron chi connectivity index (χ4n) is 2.29. The van der Waals surface area contributed by atoms with Crippen LogP contribution in [0.15, 0.2) is 23.2 Å². The molecule has 1 aromatic heterocycles. The third-order valence-electron chi connectivity index (χ3n) is 3.48. The Labute approximate surface area is 118 Å². The van der Waals surface area contributed by atoms with E-state index in [4.69, 9.17) is 0 Å². The molecule has 1 aromatic rings. The van der Waals surface area contributed by atoms with E-state index >= 15 is 0 Å². The van der Waals surface area contributed by atoms with Crippen molar-refractivity contribution in [1.29, 1.82) is 0 Å². The molecule has 2 rings (SSSR count). The first-order chi connectivity index (χ1) is 9.28. The number of nitrogens with zero attached hydrogens (tertiary/aromatic N) is 1. The molecule has 0 saturated carbocycles. The molecule has 0 unspecified atom stereocenters. The normalized spacial score (nSPS) is 16.3. The van der Waals surface area contributed by atoms with Gasteiger partial charge in [0, 0.05) is 17.5 Å². The highest BCUT2D eigenvalue weighted by molar-refractivity contribution is 7.98. The number of nitrogens with one attached hydrogen (secondary N) is 2. The van der Waals surface area contributed by atoms with Crippen LogP contribution in [0.25, 0.3) is 0 Å². The van der Waals surface area contributed by atoms with E-state index in [1.165, 1.54) is 12.8 Å². The summed E-state index contributed by atoms with van der Waals surface area (Å²) in [6, 6.07) is 3.83. The number of aromatic nitrogens is 1. The van der Waals surface area contributed by atoms with Gasteiger partial charge in [0.1, 0.15) is 5.82 Å². The Kier molecular flexibility index (Phi) is 5.66. The SMILES string of the molecule is CSc1ccc(NC(=O)CCC2CCNCC2)nc1. The maximum Gasteiger partial charge on any atom is 0.225 e. The predicted octanol–water partition coefficient (Wildman–Crippen LogP) is 2.52. The molecule has 0 aliphatic carbocycles. The summed E-state index contributed by atoms with van der Waals surface area (Å²) >= 11 is 1.64. The smallest absolute Gasteiger partial charge is 0.225 e. The van der Waals surface area contributed by atoms with Gasteiger partial charge in [-0.25, -0.2) is 4.98 Å². The fraction of sp³-hybridized carbons (Fsp3) is 0.571. The van der Waals surface area contributed by atoms with Crippen LogP contribution in [0.2, 0.25) is 0 Å². The van der Waals surface area contributed by atoms with Gasteiger partial charge < -0.3 is 10.6 Å². The average molecular weight is 279 g/mol. The van der Waals surface area contributed by atoms with Gasteiger partial charge in [0.15, 0.2) is 0 Å². The van der Waals surface area contributed by atoms with Crippen LogP contribution < -0.4 is 10.6 Å². The molecule has 19 heavy (non-hydrogen) atoms. The molecule has 1 aliphatic rings. The van der Waals surface area contributed by atoms with Gasteiger partial charge in [-0.1, -0.05) is 0 Å². The number of hydrogen-bond acceptors (Lipinski definition) is 4. The van der Waals surface area contributed by atoms with Gasteiger partial charge in [0.05, 0.1) is 0 Å². The van der Waals surface area contributed by atoms with Crippen LogP contribution in [0.4, 0.5) is 5.82 Å².